The lowest BCUT2D eigenvalue weighted by atomic mass is 10.1. The fraction of sp³-hybridized carbons (Fsp3) is 0.0769. The zero-order chi connectivity index (χ0) is 13.4. The van der Waals surface area contributed by atoms with Gasteiger partial charge in [0.15, 0.2) is 5.13 Å². The van der Waals surface area contributed by atoms with Crippen molar-refractivity contribution in [3.05, 3.63) is 41.7 Å². The highest BCUT2D eigenvalue weighted by atomic mass is 35.5. The van der Waals surface area contributed by atoms with Crippen LogP contribution in [0.2, 0.25) is 5.02 Å². The Morgan fingerprint density at radius 2 is 2.11 bits per heavy atom. The zero-order valence-corrected chi connectivity index (χ0v) is 11.7. The fourth-order valence-corrected chi connectivity index (χ4v) is 3.08. The lowest BCUT2D eigenvalue weighted by Gasteiger charge is -2.02. The second-order valence-corrected chi connectivity index (χ2v) is 5.55. The summed E-state index contributed by atoms with van der Waals surface area (Å²) in [6.45, 7) is 0. The van der Waals surface area contributed by atoms with E-state index in [0.717, 1.165) is 21.7 Å². The molecule has 0 aliphatic carbocycles. The molecular weight excluding hydrogens is 280 g/mol. The van der Waals surface area contributed by atoms with E-state index >= 15 is 0 Å². The molecule has 0 aliphatic rings. The van der Waals surface area contributed by atoms with Crippen molar-refractivity contribution in [3.63, 3.8) is 0 Å². The number of hydrogen-bond acceptors (Lipinski definition) is 4. The first-order valence-electron chi connectivity index (χ1n) is 5.65. The van der Waals surface area contributed by atoms with Gasteiger partial charge in [-0.05, 0) is 6.07 Å². The normalized spacial score (nSPS) is 10.8. The van der Waals surface area contributed by atoms with Gasteiger partial charge in [-0.2, -0.15) is 5.10 Å². The van der Waals surface area contributed by atoms with E-state index < -0.39 is 0 Å². The number of hydrogen-bond donors (Lipinski definition) is 1. The lowest BCUT2D eigenvalue weighted by Crippen LogP contribution is -1.85. The van der Waals surface area contributed by atoms with Crippen LogP contribution < -0.4 is 5.73 Å². The third kappa shape index (κ3) is 2.22. The average Bonchev–Trinajstić information content (AvgIpc) is 2.96. The first kappa shape index (κ1) is 12.2. The molecule has 1 aromatic carbocycles. The van der Waals surface area contributed by atoms with Crippen LogP contribution in [0, 0.1) is 0 Å². The fourth-order valence-electron chi connectivity index (χ4n) is 1.90. The monoisotopic (exact) mass is 290 g/mol. The van der Waals surface area contributed by atoms with Crippen molar-refractivity contribution in [2.24, 2.45) is 7.05 Å². The summed E-state index contributed by atoms with van der Waals surface area (Å²) < 4.78 is 1.74. The summed E-state index contributed by atoms with van der Waals surface area (Å²) in [4.78, 5) is 5.36. The maximum Gasteiger partial charge on any atom is 0.181 e. The molecule has 3 rings (SSSR count). The van der Waals surface area contributed by atoms with Gasteiger partial charge in [0.05, 0.1) is 16.8 Å². The van der Waals surface area contributed by atoms with Gasteiger partial charge < -0.3 is 5.73 Å². The summed E-state index contributed by atoms with van der Waals surface area (Å²) in [7, 11) is 1.87. The largest absolute Gasteiger partial charge is 0.375 e. The van der Waals surface area contributed by atoms with Crippen molar-refractivity contribution < 1.29 is 0 Å². The Bertz CT molecular complexity index is 732. The van der Waals surface area contributed by atoms with E-state index in [1.54, 1.807) is 10.9 Å². The Kier molecular flexibility index (Phi) is 3.00. The molecule has 0 atom stereocenters. The molecule has 0 saturated carbocycles. The third-order valence-electron chi connectivity index (χ3n) is 2.74. The minimum Gasteiger partial charge on any atom is -0.375 e. The number of thiazole rings is 1. The van der Waals surface area contributed by atoms with E-state index in [1.807, 2.05) is 37.5 Å². The summed E-state index contributed by atoms with van der Waals surface area (Å²) in [6.07, 6.45) is 3.68. The summed E-state index contributed by atoms with van der Waals surface area (Å²) in [6, 6.07) is 7.68. The van der Waals surface area contributed by atoms with Crippen molar-refractivity contribution >= 4 is 28.1 Å². The highest BCUT2D eigenvalue weighted by Gasteiger charge is 2.16. The van der Waals surface area contributed by atoms with Crippen LogP contribution in [0.3, 0.4) is 0 Å². The van der Waals surface area contributed by atoms with Crippen LogP contribution in [-0.4, -0.2) is 14.8 Å². The minimum atomic E-state index is 0.522. The van der Waals surface area contributed by atoms with Gasteiger partial charge >= 0.3 is 0 Å². The molecule has 2 aromatic heterocycles. The Hall–Kier alpha value is -1.85. The quantitative estimate of drug-likeness (QED) is 0.786. The Morgan fingerprint density at radius 3 is 2.79 bits per heavy atom. The Morgan fingerprint density at radius 1 is 1.32 bits per heavy atom. The van der Waals surface area contributed by atoms with Crippen LogP contribution in [-0.2, 0) is 7.05 Å². The SMILES string of the molecule is Cn1cc(-c2nc(N)sc2-c2ccccc2Cl)cn1. The van der Waals surface area contributed by atoms with E-state index in [0.29, 0.717) is 10.2 Å². The standard InChI is InChI=1S/C13H11ClN4S/c1-18-7-8(6-16-18)11-12(19-13(15)17-11)9-4-2-3-5-10(9)14/h2-7H,1H3,(H2,15,17). The Labute approximate surface area is 119 Å². The molecule has 0 bridgehead atoms. The molecular formula is C13H11ClN4S. The Balaban J connectivity index is 2.20. The number of benzene rings is 1. The molecule has 0 unspecified atom stereocenters. The highest BCUT2D eigenvalue weighted by molar-refractivity contribution is 7.19. The first-order chi connectivity index (χ1) is 9.15. The van der Waals surface area contributed by atoms with E-state index in [2.05, 4.69) is 10.1 Å². The van der Waals surface area contributed by atoms with Crippen molar-refractivity contribution in [1.82, 2.24) is 14.8 Å². The average molecular weight is 291 g/mol. The smallest absolute Gasteiger partial charge is 0.181 e. The molecule has 0 spiro atoms. The molecule has 19 heavy (non-hydrogen) atoms. The number of anilines is 1. The van der Waals surface area contributed by atoms with E-state index in [-0.39, 0.29) is 0 Å². The summed E-state index contributed by atoms with van der Waals surface area (Å²) in [5.41, 5.74) is 8.55. The third-order valence-corrected chi connectivity index (χ3v) is 3.99. The zero-order valence-electron chi connectivity index (χ0n) is 10.2. The van der Waals surface area contributed by atoms with Gasteiger partial charge in [0.2, 0.25) is 0 Å². The van der Waals surface area contributed by atoms with Crippen molar-refractivity contribution in [1.29, 1.82) is 0 Å². The number of rotatable bonds is 2. The van der Waals surface area contributed by atoms with Crippen molar-refractivity contribution in [2.75, 3.05) is 5.73 Å². The molecule has 96 valence electrons. The lowest BCUT2D eigenvalue weighted by molar-refractivity contribution is 0.768. The van der Waals surface area contributed by atoms with Crippen molar-refractivity contribution in [2.45, 2.75) is 0 Å². The molecule has 3 aromatic rings. The van der Waals surface area contributed by atoms with Gasteiger partial charge in [-0.15, -0.1) is 0 Å². The van der Waals surface area contributed by atoms with Gasteiger partial charge in [0, 0.05) is 29.4 Å². The molecule has 4 nitrogen and oxygen atoms in total. The number of nitrogen functional groups attached to an aromatic ring is 1. The second kappa shape index (κ2) is 4.68. The van der Waals surface area contributed by atoms with Crippen LogP contribution in [0.4, 0.5) is 5.13 Å². The summed E-state index contributed by atoms with van der Waals surface area (Å²) in [5.74, 6) is 0. The second-order valence-electron chi connectivity index (χ2n) is 4.11. The number of nitrogens with zero attached hydrogens (tertiary/aromatic N) is 3. The van der Waals surface area contributed by atoms with Gasteiger partial charge in [0.25, 0.3) is 0 Å². The maximum absolute atomic E-state index is 6.25. The first-order valence-corrected chi connectivity index (χ1v) is 6.85. The van der Waals surface area contributed by atoms with Crippen LogP contribution >= 0.6 is 22.9 Å². The summed E-state index contributed by atoms with van der Waals surface area (Å²) >= 11 is 7.68. The van der Waals surface area contributed by atoms with Crippen molar-refractivity contribution in [3.8, 4) is 21.7 Å². The van der Waals surface area contributed by atoms with Gasteiger partial charge in [-0.1, -0.05) is 41.1 Å². The number of aryl methyl sites for hydroxylation is 1. The molecule has 2 heterocycles. The molecule has 0 aliphatic heterocycles. The molecule has 2 N–H and O–H groups in total. The molecule has 0 amide bonds. The number of nitrogens with two attached hydrogens (primary N) is 1. The van der Waals surface area contributed by atoms with Crippen LogP contribution in [0.5, 0.6) is 0 Å². The molecule has 0 fully saturated rings. The maximum atomic E-state index is 6.25. The molecule has 0 radical (unpaired) electrons. The van der Waals surface area contributed by atoms with Crippen LogP contribution in [0.25, 0.3) is 21.7 Å². The molecule has 6 heteroatoms. The van der Waals surface area contributed by atoms with E-state index in [1.165, 1.54) is 11.3 Å². The topological polar surface area (TPSA) is 56.7 Å². The van der Waals surface area contributed by atoms with Gasteiger partial charge in [-0.25, -0.2) is 4.98 Å². The number of aromatic nitrogens is 3. The van der Waals surface area contributed by atoms with Crippen LogP contribution in [0.1, 0.15) is 0 Å². The molecule has 0 saturated heterocycles. The highest BCUT2D eigenvalue weighted by Crippen LogP contribution is 2.40. The van der Waals surface area contributed by atoms with Gasteiger partial charge in [0.1, 0.15) is 0 Å². The predicted octanol–water partition coefficient (Wildman–Crippen LogP) is 3.45. The predicted molar refractivity (Wildman–Crippen MR) is 79.2 cm³/mol. The number of halogens is 1. The van der Waals surface area contributed by atoms with Gasteiger partial charge in [-0.3, -0.25) is 4.68 Å². The van der Waals surface area contributed by atoms with Crippen LogP contribution in [0.15, 0.2) is 36.7 Å². The van der Waals surface area contributed by atoms with E-state index in [9.17, 15) is 0 Å². The minimum absolute atomic E-state index is 0.522. The van der Waals surface area contributed by atoms with E-state index in [4.69, 9.17) is 17.3 Å². The summed E-state index contributed by atoms with van der Waals surface area (Å²) in [5, 5.41) is 5.38.